The first-order valence-corrected chi connectivity index (χ1v) is 12.4. The van der Waals surface area contributed by atoms with E-state index >= 15 is 0 Å². The molecule has 1 aliphatic carbocycles. The van der Waals surface area contributed by atoms with Crippen LogP contribution in [-0.2, 0) is 20.7 Å². The number of aromatic nitrogens is 1. The fraction of sp³-hybridized carbons (Fsp3) is 0.308. The molecule has 3 unspecified atom stereocenters. The number of nitrogens with zero attached hydrogens (tertiary/aromatic N) is 1. The summed E-state index contributed by atoms with van der Waals surface area (Å²) in [4.78, 5) is 44.5. The fourth-order valence-electron chi connectivity index (χ4n) is 4.80. The second-order valence-corrected chi connectivity index (χ2v) is 9.86. The molecule has 2 amide bonds. The number of rotatable bonds is 7. The van der Waals surface area contributed by atoms with Crippen molar-refractivity contribution in [3.63, 3.8) is 0 Å². The van der Waals surface area contributed by atoms with Crippen LogP contribution in [0.4, 0.5) is 0 Å². The summed E-state index contributed by atoms with van der Waals surface area (Å²) in [5.41, 5.74) is 0.865. The lowest BCUT2D eigenvalue weighted by Crippen LogP contribution is -2.60. The monoisotopic (exact) mass is 491 g/mol. The van der Waals surface area contributed by atoms with Gasteiger partial charge in [0.2, 0.25) is 5.91 Å². The third-order valence-corrected chi connectivity index (χ3v) is 7.57. The standard InChI is InChI=1S/C26H25N3O5S/c30-19-7-5-16(6-8-19)11-20(25(33)29-26-9-1-4-23(26)34-15-22(26)31)28-24(32)18-12-17(13-27-14-18)21-3-2-10-35-21/h2-3,5-8,10,12-14,20,23,30H,1,4,9,11,15H2,(H,28,32)(H,29,33). The Kier molecular flexibility index (Phi) is 6.36. The summed E-state index contributed by atoms with van der Waals surface area (Å²) in [6, 6.07) is 11.1. The first-order chi connectivity index (χ1) is 16.9. The molecule has 3 atom stereocenters. The quantitative estimate of drug-likeness (QED) is 0.468. The number of hydrogen-bond acceptors (Lipinski definition) is 7. The maximum atomic E-state index is 13.5. The topological polar surface area (TPSA) is 118 Å². The molecule has 2 aromatic heterocycles. The highest BCUT2D eigenvalue weighted by Gasteiger charge is 2.55. The third kappa shape index (κ3) is 4.69. The van der Waals surface area contributed by atoms with Gasteiger partial charge in [0.05, 0.1) is 11.7 Å². The first-order valence-electron chi connectivity index (χ1n) is 11.5. The molecule has 3 aromatic rings. The Hall–Kier alpha value is -3.56. The van der Waals surface area contributed by atoms with E-state index in [-0.39, 0.29) is 30.7 Å². The van der Waals surface area contributed by atoms with Gasteiger partial charge in [-0.25, -0.2) is 0 Å². The molecule has 1 aliphatic heterocycles. The molecular weight excluding hydrogens is 466 g/mol. The summed E-state index contributed by atoms with van der Waals surface area (Å²) in [5.74, 6) is -0.906. The van der Waals surface area contributed by atoms with Gasteiger partial charge in [-0.3, -0.25) is 19.4 Å². The molecule has 5 rings (SSSR count). The number of carbonyl (C=O) groups excluding carboxylic acids is 3. The highest BCUT2D eigenvalue weighted by molar-refractivity contribution is 7.13. The molecule has 3 N–H and O–H groups in total. The molecule has 35 heavy (non-hydrogen) atoms. The second-order valence-electron chi connectivity index (χ2n) is 8.91. The average molecular weight is 492 g/mol. The van der Waals surface area contributed by atoms with Gasteiger partial charge in [0.25, 0.3) is 5.91 Å². The molecule has 8 nitrogen and oxygen atoms in total. The number of phenolic OH excluding ortho intramolecular Hbond substituents is 1. The predicted octanol–water partition coefficient (Wildman–Crippen LogP) is 2.86. The number of amides is 2. The van der Waals surface area contributed by atoms with Gasteiger partial charge in [-0.2, -0.15) is 0 Å². The van der Waals surface area contributed by atoms with Gasteiger partial charge < -0.3 is 20.5 Å². The van der Waals surface area contributed by atoms with Crippen LogP contribution in [0.25, 0.3) is 10.4 Å². The Balaban J connectivity index is 1.38. The van der Waals surface area contributed by atoms with E-state index < -0.39 is 23.4 Å². The Morgan fingerprint density at radius 3 is 2.83 bits per heavy atom. The van der Waals surface area contributed by atoms with Crippen molar-refractivity contribution in [2.75, 3.05) is 6.61 Å². The van der Waals surface area contributed by atoms with Crippen LogP contribution in [0.1, 0.15) is 35.2 Å². The zero-order chi connectivity index (χ0) is 24.4. The zero-order valence-corrected chi connectivity index (χ0v) is 19.7. The van der Waals surface area contributed by atoms with E-state index in [1.165, 1.54) is 18.3 Å². The lowest BCUT2D eigenvalue weighted by Gasteiger charge is -2.30. The van der Waals surface area contributed by atoms with Crippen LogP contribution in [0.5, 0.6) is 5.75 Å². The van der Waals surface area contributed by atoms with Crippen molar-refractivity contribution in [3.05, 3.63) is 71.4 Å². The van der Waals surface area contributed by atoms with Gasteiger partial charge in [-0.05, 0) is 54.5 Å². The lowest BCUT2D eigenvalue weighted by molar-refractivity contribution is -0.131. The third-order valence-electron chi connectivity index (χ3n) is 6.65. The van der Waals surface area contributed by atoms with Gasteiger partial charge in [-0.15, -0.1) is 11.3 Å². The molecule has 9 heteroatoms. The number of hydrogen-bond donors (Lipinski definition) is 3. The number of nitrogens with one attached hydrogen (secondary N) is 2. The van der Waals surface area contributed by atoms with Gasteiger partial charge in [0.1, 0.15) is 23.9 Å². The summed E-state index contributed by atoms with van der Waals surface area (Å²) in [6.07, 6.45) is 5.02. The Morgan fingerprint density at radius 2 is 2.06 bits per heavy atom. The van der Waals surface area contributed by atoms with E-state index in [0.29, 0.717) is 18.4 Å². The molecule has 0 bridgehead atoms. The minimum absolute atomic E-state index is 0.0128. The summed E-state index contributed by atoms with van der Waals surface area (Å²) in [7, 11) is 0. The number of thiophene rings is 1. The number of Topliss-reactive ketones (excluding diaryl/α,β-unsaturated/α-hetero) is 1. The number of phenols is 1. The maximum Gasteiger partial charge on any atom is 0.253 e. The Bertz CT molecular complexity index is 1240. The predicted molar refractivity (Wildman–Crippen MR) is 130 cm³/mol. The van der Waals surface area contributed by atoms with Crippen LogP contribution in [-0.4, -0.2) is 52.0 Å². The number of benzene rings is 1. The van der Waals surface area contributed by atoms with E-state index in [4.69, 9.17) is 4.74 Å². The molecular formula is C26H25N3O5S. The smallest absolute Gasteiger partial charge is 0.253 e. The number of aromatic hydroxyl groups is 1. The van der Waals surface area contributed by atoms with E-state index in [9.17, 15) is 19.5 Å². The largest absolute Gasteiger partial charge is 0.508 e. The summed E-state index contributed by atoms with van der Waals surface area (Å²) >= 11 is 1.54. The molecule has 1 saturated heterocycles. The zero-order valence-electron chi connectivity index (χ0n) is 18.9. The van der Waals surface area contributed by atoms with Gasteiger partial charge in [0, 0.05) is 29.3 Å². The molecule has 0 spiro atoms. The number of pyridine rings is 1. The number of ether oxygens (including phenoxy) is 1. The van der Waals surface area contributed by atoms with Gasteiger partial charge in [0.15, 0.2) is 5.78 Å². The summed E-state index contributed by atoms with van der Waals surface area (Å²) < 4.78 is 5.62. The van der Waals surface area contributed by atoms with Crippen molar-refractivity contribution < 1.29 is 24.2 Å². The van der Waals surface area contributed by atoms with Crippen LogP contribution in [0.2, 0.25) is 0 Å². The van der Waals surface area contributed by atoms with E-state index in [0.717, 1.165) is 22.4 Å². The van der Waals surface area contributed by atoms with Gasteiger partial charge in [-0.1, -0.05) is 18.2 Å². The van der Waals surface area contributed by atoms with Crippen molar-refractivity contribution in [3.8, 4) is 16.2 Å². The van der Waals surface area contributed by atoms with E-state index in [1.807, 2.05) is 17.5 Å². The van der Waals surface area contributed by atoms with Gasteiger partial charge >= 0.3 is 0 Å². The molecule has 2 aliphatic rings. The highest BCUT2D eigenvalue weighted by Crippen LogP contribution is 2.38. The maximum absolute atomic E-state index is 13.5. The first kappa shape index (κ1) is 23.2. The van der Waals surface area contributed by atoms with Crippen molar-refractivity contribution in [2.45, 2.75) is 43.4 Å². The number of carbonyl (C=O) groups is 3. The van der Waals surface area contributed by atoms with Crippen molar-refractivity contribution >= 4 is 28.9 Å². The SMILES string of the molecule is O=C(NC(Cc1ccc(O)cc1)C(=O)NC12CCCC1OCC2=O)c1cncc(-c2cccs2)c1. The lowest BCUT2D eigenvalue weighted by atomic mass is 9.91. The number of fused-ring (bicyclic) bond motifs is 1. The normalized spacial score (nSPS) is 21.9. The van der Waals surface area contributed by atoms with Crippen LogP contribution < -0.4 is 10.6 Å². The Labute approximate surface area is 206 Å². The van der Waals surface area contributed by atoms with Crippen molar-refractivity contribution in [1.29, 1.82) is 0 Å². The highest BCUT2D eigenvalue weighted by atomic mass is 32.1. The van der Waals surface area contributed by atoms with Crippen LogP contribution in [0.15, 0.2) is 60.2 Å². The molecule has 1 saturated carbocycles. The minimum Gasteiger partial charge on any atom is -0.508 e. The van der Waals surface area contributed by atoms with Crippen LogP contribution in [0.3, 0.4) is 0 Å². The molecule has 3 heterocycles. The van der Waals surface area contributed by atoms with E-state index in [1.54, 1.807) is 35.7 Å². The van der Waals surface area contributed by atoms with E-state index in [2.05, 4.69) is 15.6 Å². The summed E-state index contributed by atoms with van der Waals surface area (Å²) in [6.45, 7) is -0.0128. The molecule has 1 aromatic carbocycles. The Morgan fingerprint density at radius 1 is 1.23 bits per heavy atom. The van der Waals surface area contributed by atoms with Crippen molar-refractivity contribution in [2.24, 2.45) is 0 Å². The fourth-order valence-corrected chi connectivity index (χ4v) is 5.51. The molecule has 2 fully saturated rings. The van der Waals surface area contributed by atoms with Crippen LogP contribution >= 0.6 is 11.3 Å². The molecule has 0 radical (unpaired) electrons. The summed E-state index contributed by atoms with van der Waals surface area (Å²) in [5, 5.41) is 17.3. The molecule has 180 valence electrons. The minimum atomic E-state index is -1.03. The van der Waals surface area contributed by atoms with Crippen molar-refractivity contribution in [1.82, 2.24) is 15.6 Å². The number of ketones is 1. The average Bonchev–Trinajstić information content (AvgIpc) is 3.59. The van der Waals surface area contributed by atoms with Crippen LogP contribution in [0, 0.1) is 0 Å². The second kappa shape index (κ2) is 9.59.